The molecule has 0 radical (unpaired) electrons. The molecule has 0 spiro atoms. The number of fused-ring (bicyclic) bond motifs is 1. The molecule has 1 fully saturated rings. The Balaban J connectivity index is 1.48. The highest BCUT2D eigenvalue weighted by Gasteiger charge is 2.20. The van der Waals surface area contributed by atoms with Crippen LogP contribution < -0.4 is 15.9 Å². The predicted octanol–water partition coefficient (Wildman–Crippen LogP) is 4.53. The summed E-state index contributed by atoms with van der Waals surface area (Å²) in [7, 11) is 1.69. The molecule has 2 aromatic heterocycles. The van der Waals surface area contributed by atoms with Gasteiger partial charge in [-0.1, -0.05) is 17.7 Å². The Morgan fingerprint density at radius 3 is 2.37 bits per heavy atom. The number of nitrogens with zero attached hydrogens (tertiary/aromatic N) is 5. The molecular weight excluding hydrogens is 500 g/mol. The predicted molar refractivity (Wildman–Crippen MR) is 151 cm³/mol. The van der Waals surface area contributed by atoms with Crippen LogP contribution in [0.3, 0.4) is 0 Å². The number of nitrogens with one attached hydrogen (secondary N) is 1. The monoisotopic (exact) mass is 526 g/mol. The van der Waals surface area contributed by atoms with E-state index in [-0.39, 0.29) is 11.4 Å². The highest BCUT2D eigenvalue weighted by Crippen LogP contribution is 2.42. The first-order valence-electron chi connectivity index (χ1n) is 12.5. The van der Waals surface area contributed by atoms with E-state index in [4.69, 9.17) is 11.6 Å². The van der Waals surface area contributed by atoms with Crippen molar-refractivity contribution < 1.29 is 5.11 Å². The summed E-state index contributed by atoms with van der Waals surface area (Å²) in [6.45, 7) is 5.55. The molecule has 8 nitrogen and oxygen atoms in total. The molecule has 1 aliphatic rings. The minimum Gasteiger partial charge on any atom is -0.507 e. The quantitative estimate of drug-likeness (QED) is 0.358. The molecular formula is C29H27ClN6O2. The number of hydrogen-bond donors (Lipinski definition) is 2. The first-order chi connectivity index (χ1) is 18.4. The fraction of sp³-hybridized carbons (Fsp3) is 0.207. The maximum absolute atomic E-state index is 12.4. The Morgan fingerprint density at radius 2 is 1.66 bits per heavy atom. The van der Waals surface area contributed by atoms with Crippen molar-refractivity contribution in [3.05, 3.63) is 88.3 Å². The molecule has 0 unspecified atom stereocenters. The van der Waals surface area contributed by atoms with Gasteiger partial charge < -0.3 is 19.9 Å². The summed E-state index contributed by atoms with van der Waals surface area (Å²) in [6, 6.07) is 13.5. The van der Waals surface area contributed by atoms with Gasteiger partial charge in [-0.3, -0.25) is 14.5 Å². The smallest absolute Gasteiger partial charge is 0.332 e. The normalized spacial score (nSPS) is 13.8. The zero-order chi connectivity index (χ0) is 26.4. The van der Waals surface area contributed by atoms with Crippen LogP contribution in [0.1, 0.15) is 5.56 Å². The highest BCUT2D eigenvalue weighted by molar-refractivity contribution is 6.32. The molecule has 3 heterocycles. The number of anilines is 1. The number of benzene rings is 3. The molecule has 0 bridgehead atoms. The lowest BCUT2D eigenvalue weighted by Gasteiger charge is -2.30. The zero-order valence-electron chi connectivity index (χ0n) is 21.1. The molecule has 9 heteroatoms. The van der Waals surface area contributed by atoms with Gasteiger partial charge in [0.15, 0.2) is 0 Å². The van der Waals surface area contributed by atoms with Crippen LogP contribution in [0, 0.1) is 6.92 Å². The Kier molecular flexibility index (Phi) is 6.13. The van der Waals surface area contributed by atoms with Gasteiger partial charge in [0, 0.05) is 69.1 Å². The molecule has 5 aromatic rings. The fourth-order valence-corrected chi connectivity index (χ4v) is 5.37. The number of aryl methyl sites for hydroxylation is 2. The third-order valence-electron chi connectivity index (χ3n) is 7.04. The van der Waals surface area contributed by atoms with Crippen LogP contribution in [0.5, 0.6) is 5.75 Å². The third-order valence-corrected chi connectivity index (χ3v) is 7.34. The Labute approximate surface area is 224 Å². The number of phenols is 1. The van der Waals surface area contributed by atoms with Gasteiger partial charge in [-0.15, -0.1) is 0 Å². The van der Waals surface area contributed by atoms with E-state index in [0.29, 0.717) is 21.8 Å². The highest BCUT2D eigenvalue weighted by atomic mass is 35.5. The summed E-state index contributed by atoms with van der Waals surface area (Å²) < 4.78 is 2.99. The summed E-state index contributed by atoms with van der Waals surface area (Å²) in [5.41, 5.74) is 7.04. The molecule has 1 saturated heterocycles. The topological polar surface area (TPSA) is 88.2 Å². The van der Waals surface area contributed by atoms with E-state index in [0.717, 1.165) is 59.6 Å². The second kappa shape index (κ2) is 9.63. The van der Waals surface area contributed by atoms with Gasteiger partial charge in [0.2, 0.25) is 0 Å². The largest absolute Gasteiger partial charge is 0.507 e. The van der Waals surface area contributed by atoms with Crippen molar-refractivity contribution in [2.75, 3.05) is 31.1 Å². The molecule has 0 saturated carbocycles. The summed E-state index contributed by atoms with van der Waals surface area (Å²) in [5, 5.41) is 15.4. The number of piperazine rings is 1. The minimum atomic E-state index is -0.181. The van der Waals surface area contributed by atoms with Crippen LogP contribution in [-0.2, 0) is 7.05 Å². The second-order valence-electron chi connectivity index (χ2n) is 9.59. The van der Waals surface area contributed by atoms with E-state index in [1.807, 2.05) is 31.2 Å². The van der Waals surface area contributed by atoms with E-state index in [1.54, 1.807) is 44.0 Å². The molecule has 0 aliphatic carbocycles. The first kappa shape index (κ1) is 24.2. The van der Waals surface area contributed by atoms with Crippen molar-refractivity contribution >= 4 is 28.3 Å². The number of aromatic nitrogens is 4. The molecule has 0 atom stereocenters. The summed E-state index contributed by atoms with van der Waals surface area (Å²) in [5.74, 6) is 0.158. The lowest BCUT2D eigenvalue weighted by atomic mass is 9.94. The van der Waals surface area contributed by atoms with E-state index in [1.165, 1.54) is 9.13 Å². The molecule has 3 aromatic carbocycles. The van der Waals surface area contributed by atoms with Crippen molar-refractivity contribution in [3.8, 4) is 33.7 Å². The van der Waals surface area contributed by atoms with Crippen LogP contribution in [0.2, 0.25) is 5.02 Å². The molecule has 0 amide bonds. The average Bonchev–Trinajstić information content (AvgIpc) is 3.27. The standard InChI is InChI=1S/C29H27ClN6O2/c1-18-13-21(19-3-4-25(23(30)15-19)36-12-11-34(2)29(36)38)28(37)22(14-18)20-16-24-27(33-6-5-32-24)26(17-20)35-9-7-31-8-10-35/h3-6,11-17,31,37H,7-10H2,1-2H3. The number of aromatic hydroxyl groups is 1. The lowest BCUT2D eigenvalue weighted by Crippen LogP contribution is -2.43. The van der Waals surface area contributed by atoms with Crippen LogP contribution in [-0.4, -0.2) is 50.4 Å². The second-order valence-corrected chi connectivity index (χ2v) is 10.0. The number of imidazole rings is 1. The molecule has 1 aliphatic heterocycles. The van der Waals surface area contributed by atoms with Gasteiger partial charge in [0.1, 0.15) is 11.3 Å². The molecule has 6 rings (SSSR count). The molecule has 192 valence electrons. The van der Waals surface area contributed by atoms with Crippen molar-refractivity contribution in [1.82, 2.24) is 24.4 Å². The Morgan fingerprint density at radius 1 is 0.921 bits per heavy atom. The van der Waals surface area contributed by atoms with E-state index < -0.39 is 0 Å². The van der Waals surface area contributed by atoms with E-state index >= 15 is 0 Å². The lowest BCUT2D eigenvalue weighted by molar-refractivity contribution is 0.479. The Bertz CT molecular complexity index is 1740. The van der Waals surface area contributed by atoms with Crippen LogP contribution in [0.4, 0.5) is 5.69 Å². The van der Waals surface area contributed by atoms with E-state index in [9.17, 15) is 9.90 Å². The van der Waals surface area contributed by atoms with Gasteiger partial charge in [-0.05, 0) is 60.0 Å². The van der Waals surface area contributed by atoms with Crippen LogP contribution in [0.15, 0.2) is 72.0 Å². The van der Waals surface area contributed by atoms with E-state index in [2.05, 4.69) is 26.3 Å². The summed E-state index contributed by atoms with van der Waals surface area (Å²) in [6.07, 6.45) is 6.78. The average molecular weight is 527 g/mol. The molecule has 38 heavy (non-hydrogen) atoms. The summed E-state index contributed by atoms with van der Waals surface area (Å²) >= 11 is 6.64. The minimum absolute atomic E-state index is 0.158. The van der Waals surface area contributed by atoms with Gasteiger partial charge in [-0.25, -0.2) is 4.79 Å². The zero-order valence-corrected chi connectivity index (χ0v) is 21.9. The van der Waals surface area contributed by atoms with Crippen molar-refractivity contribution in [3.63, 3.8) is 0 Å². The van der Waals surface area contributed by atoms with Gasteiger partial charge in [0.25, 0.3) is 0 Å². The Hall–Kier alpha value is -4.14. The maximum atomic E-state index is 12.4. The summed E-state index contributed by atoms with van der Waals surface area (Å²) in [4.78, 5) is 23.9. The van der Waals surface area contributed by atoms with Crippen molar-refractivity contribution in [1.29, 1.82) is 0 Å². The van der Waals surface area contributed by atoms with Gasteiger partial charge in [-0.2, -0.15) is 0 Å². The fourth-order valence-electron chi connectivity index (χ4n) is 5.09. The van der Waals surface area contributed by atoms with Crippen molar-refractivity contribution in [2.24, 2.45) is 7.05 Å². The van der Waals surface area contributed by atoms with Crippen molar-refractivity contribution in [2.45, 2.75) is 6.92 Å². The number of hydrogen-bond acceptors (Lipinski definition) is 6. The van der Waals surface area contributed by atoms with Crippen LogP contribution in [0.25, 0.3) is 39.0 Å². The van der Waals surface area contributed by atoms with Gasteiger partial charge >= 0.3 is 5.69 Å². The maximum Gasteiger partial charge on any atom is 0.332 e. The first-order valence-corrected chi connectivity index (χ1v) is 12.9. The number of phenolic OH excluding ortho intramolecular Hbond substituents is 1. The third kappa shape index (κ3) is 4.21. The SMILES string of the molecule is Cc1cc(-c2ccc(-n3ccn(C)c3=O)c(Cl)c2)c(O)c(-c2cc(N3CCNCC3)c3nccnc3c2)c1. The molecule has 2 N–H and O–H groups in total. The number of rotatable bonds is 4. The number of halogens is 1. The van der Waals surface area contributed by atoms with Gasteiger partial charge in [0.05, 0.1) is 21.9 Å². The van der Waals surface area contributed by atoms with Crippen LogP contribution >= 0.6 is 11.6 Å².